The Bertz CT molecular complexity index is 551. The number of alkyl halides is 3. The predicted molar refractivity (Wildman–Crippen MR) is 76.4 cm³/mol. The normalized spacial score (nSPS) is 17.7. The van der Waals surface area contributed by atoms with E-state index < -0.39 is 29.7 Å². The third-order valence-corrected chi connectivity index (χ3v) is 4.04. The van der Waals surface area contributed by atoms with Crippen molar-refractivity contribution in [3.8, 4) is 5.75 Å². The van der Waals surface area contributed by atoms with Gasteiger partial charge in [-0.2, -0.15) is 13.2 Å². The maximum Gasteiger partial charge on any atom is 0.419 e. The van der Waals surface area contributed by atoms with Gasteiger partial charge in [-0.25, -0.2) is 4.79 Å². The molecular formula is C16H19F3O4. The van der Waals surface area contributed by atoms with Gasteiger partial charge in [-0.15, -0.1) is 0 Å². The summed E-state index contributed by atoms with van der Waals surface area (Å²) >= 11 is 0. The average molecular weight is 332 g/mol. The zero-order valence-electron chi connectivity index (χ0n) is 12.7. The van der Waals surface area contributed by atoms with Gasteiger partial charge in [0.1, 0.15) is 5.75 Å². The Balaban J connectivity index is 2.30. The number of hydrogen-bond acceptors (Lipinski definition) is 3. The van der Waals surface area contributed by atoms with Crippen LogP contribution in [0.1, 0.15) is 48.0 Å². The molecular weight excluding hydrogens is 313 g/mol. The van der Waals surface area contributed by atoms with Gasteiger partial charge in [-0.05, 0) is 31.0 Å². The molecule has 1 aromatic rings. The summed E-state index contributed by atoms with van der Waals surface area (Å²) < 4.78 is 50.0. The molecule has 0 aliphatic heterocycles. The molecule has 1 N–H and O–H groups in total. The molecule has 0 radical (unpaired) electrons. The molecule has 1 aromatic carbocycles. The van der Waals surface area contributed by atoms with Crippen LogP contribution in [0.5, 0.6) is 5.75 Å². The fourth-order valence-corrected chi connectivity index (χ4v) is 2.86. The van der Waals surface area contributed by atoms with Crippen molar-refractivity contribution in [3.05, 3.63) is 29.3 Å². The number of methoxy groups -OCH3 is 1. The molecule has 7 heteroatoms. The Morgan fingerprint density at radius 3 is 2.43 bits per heavy atom. The van der Waals surface area contributed by atoms with Crippen LogP contribution in [-0.4, -0.2) is 24.5 Å². The lowest BCUT2D eigenvalue weighted by Gasteiger charge is -2.30. The van der Waals surface area contributed by atoms with Crippen LogP contribution in [0.3, 0.4) is 0 Å². The van der Waals surface area contributed by atoms with Crippen LogP contribution in [0.15, 0.2) is 18.2 Å². The highest BCUT2D eigenvalue weighted by Gasteiger charge is 2.36. The van der Waals surface area contributed by atoms with Crippen LogP contribution >= 0.6 is 0 Å². The summed E-state index contributed by atoms with van der Waals surface area (Å²) in [4.78, 5) is 11.0. The standard InChI is InChI=1S/C16H19F3O4/c1-22-15(10-5-3-2-4-6-10)23-13-9-11(14(20)21)7-8-12(13)16(17,18)19/h7-10,15H,2-6H2,1H3,(H,20,21). The van der Waals surface area contributed by atoms with E-state index in [1.165, 1.54) is 7.11 Å². The molecule has 0 heterocycles. The van der Waals surface area contributed by atoms with Gasteiger partial charge in [0.25, 0.3) is 0 Å². The van der Waals surface area contributed by atoms with Crippen molar-refractivity contribution >= 4 is 5.97 Å². The lowest BCUT2D eigenvalue weighted by molar-refractivity contribution is -0.144. The van der Waals surface area contributed by atoms with Crippen LogP contribution in [0, 0.1) is 5.92 Å². The molecule has 2 rings (SSSR count). The van der Waals surface area contributed by atoms with Gasteiger partial charge in [0.15, 0.2) is 0 Å². The number of carboxylic acids is 1. The lowest BCUT2D eigenvalue weighted by Crippen LogP contribution is -2.31. The lowest BCUT2D eigenvalue weighted by atomic mass is 9.89. The highest BCUT2D eigenvalue weighted by molar-refractivity contribution is 5.88. The minimum atomic E-state index is -4.63. The Morgan fingerprint density at radius 2 is 1.91 bits per heavy atom. The van der Waals surface area contributed by atoms with Crippen molar-refractivity contribution in [1.82, 2.24) is 0 Å². The van der Waals surface area contributed by atoms with Crippen molar-refractivity contribution in [2.75, 3.05) is 7.11 Å². The Morgan fingerprint density at radius 1 is 1.26 bits per heavy atom. The molecule has 1 unspecified atom stereocenters. The van der Waals surface area contributed by atoms with E-state index in [0.29, 0.717) is 0 Å². The zero-order chi connectivity index (χ0) is 17.0. The average Bonchev–Trinajstić information content (AvgIpc) is 2.52. The Kier molecular flexibility index (Phi) is 5.51. The van der Waals surface area contributed by atoms with E-state index in [2.05, 4.69) is 0 Å². The molecule has 23 heavy (non-hydrogen) atoms. The van der Waals surface area contributed by atoms with Crippen LogP contribution in [-0.2, 0) is 10.9 Å². The fraction of sp³-hybridized carbons (Fsp3) is 0.562. The quantitative estimate of drug-likeness (QED) is 0.815. The molecule has 4 nitrogen and oxygen atoms in total. The van der Waals surface area contributed by atoms with E-state index in [0.717, 1.165) is 50.3 Å². The Labute approximate surface area is 132 Å². The molecule has 0 spiro atoms. The van der Waals surface area contributed by atoms with E-state index in [1.807, 2.05) is 0 Å². The van der Waals surface area contributed by atoms with Crippen molar-refractivity contribution in [3.63, 3.8) is 0 Å². The van der Waals surface area contributed by atoms with Crippen LogP contribution in [0.25, 0.3) is 0 Å². The smallest absolute Gasteiger partial charge is 0.419 e. The van der Waals surface area contributed by atoms with E-state index in [1.54, 1.807) is 0 Å². The summed E-state index contributed by atoms with van der Waals surface area (Å²) in [6.45, 7) is 0. The maximum absolute atomic E-state index is 13.1. The molecule has 1 aliphatic rings. The summed E-state index contributed by atoms with van der Waals surface area (Å²) in [5.41, 5.74) is -1.26. The van der Waals surface area contributed by atoms with E-state index in [9.17, 15) is 18.0 Å². The van der Waals surface area contributed by atoms with Gasteiger partial charge in [-0.1, -0.05) is 19.3 Å². The van der Waals surface area contributed by atoms with Crippen molar-refractivity contribution in [2.45, 2.75) is 44.6 Å². The highest BCUT2D eigenvalue weighted by atomic mass is 19.4. The first-order chi connectivity index (χ1) is 10.8. The van der Waals surface area contributed by atoms with Crippen LogP contribution in [0.2, 0.25) is 0 Å². The van der Waals surface area contributed by atoms with E-state index >= 15 is 0 Å². The number of aromatic carboxylic acids is 1. The number of carbonyl (C=O) groups is 1. The zero-order valence-corrected chi connectivity index (χ0v) is 12.7. The Hall–Kier alpha value is -1.76. The minimum Gasteiger partial charge on any atom is -0.478 e. The van der Waals surface area contributed by atoms with Gasteiger partial charge in [0, 0.05) is 13.0 Å². The number of ether oxygens (including phenoxy) is 2. The fourth-order valence-electron chi connectivity index (χ4n) is 2.86. The summed E-state index contributed by atoms with van der Waals surface area (Å²) in [5.74, 6) is -1.81. The van der Waals surface area contributed by atoms with E-state index in [4.69, 9.17) is 14.6 Å². The van der Waals surface area contributed by atoms with Gasteiger partial charge in [0.2, 0.25) is 6.29 Å². The first kappa shape index (κ1) is 17.6. The SMILES string of the molecule is COC(Oc1cc(C(=O)O)ccc1C(F)(F)F)C1CCCCC1. The number of halogens is 3. The molecule has 0 bridgehead atoms. The van der Waals surface area contributed by atoms with Gasteiger partial charge < -0.3 is 14.6 Å². The summed E-state index contributed by atoms with van der Waals surface area (Å²) in [5, 5.41) is 8.97. The molecule has 1 fully saturated rings. The number of carboxylic acid groups (broad SMARTS) is 1. The molecule has 0 aromatic heterocycles. The van der Waals surface area contributed by atoms with Crippen molar-refractivity contribution in [1.29, 1.82) is 0 Å². The highest BCUT2D eigenvalue weighted by Crippen LogP contribution is 2.38. The summed E-state index contributed by atoms with van der Waals surface area (Å²) in [6.07, 6.45) is -0.756. The minimum absolute atomic E-state index is 0.00307. The predicted octanol–water partition coefficient (Wildman–Crippen LogP) is 4.34. The van der Waals surface area contributed by atoms with Crippen molar-refractivity contribution in [2.24, 2.45) is 5.92 Å². The maximum atomic E-state index is 13.1. The monoisotopic (exact) mass is 332 g/mol. The van der Waals surface area contributed by atoms with Gasteiger partial charge >= 0.3 is 12.1 Å². The second-order valence-corrected chi connectivity index (χ2v) is 5.63. The molecule has 0 saturated heterocycles. The molecule has 1 saturated carbocycles. The molecule has 1 aliphatic carbocycles. The third-order valence-electron chi connectivity index (χ3n) is 4.04. The van der Waals surface area contributed by atoms with Gasteiger partial charge in [0.05, 0.1) is 11.1 Å². The number of rotatable bonds is 5. The third kappa shape index (κ3) is 4.37. The molecule has 128 valence electrons. The van der Waals surface area contributed by atoms with Crippen molar-refractivity contribution < 1.29 is 32.5 Å². The first-order valence-electron chi connectivity index (χ1n) is 7.47. The number of hydrogen-bond donors (Lipinski definition) is 1. The summed E-state index contributed by atoms with van der Waals surface area (Å²) in [7, 11) is 1.38. The largest absolute Gasteiger partial charge is 0.478 e. The second-order valence-electron chi connectivity index (χ2n) is 5.63. The summed E-state index contributed by atoms with van der Waals surface area (Å²) in [6, 6.07) is 2.55. The van der Waals surface area contributed by atoms with Crippen LogP contribution < -0.4 is 4.74 Å². The molecule has 0 amide bonds. The number of benzene rings is 1. The van der Waals surface area contributed by atoms with Crippen LogP contribution in [0.4, 0.5) is 13.2 Å². The first-order valence-corrected chi connectivity index (χ1v) is 7.47. The van der Waals surface area contributed by atoms with Gasteiger partial charge in [-0.3, -0.25) is 0 Å². The second kappa shape index (κ2) is 7.21. The molecule has 1 atom stereocenters. The topological polar surface area (TPSA) is 55.8 Å². The van der Waals surface area contributed by atoms with E-state index in [-0.39, 0.29) is 11.5 Å².